The summed E-state index contributed by atoms with van der Waals surface area (Å²) in [6, 6.07) is 12.2. The van der Waals surface area contributed by atoms with Gasteiger partial charge >= 0.3 is 5.97 Å². The molecule has 0 unspecified atom stereocenters. The first-order valence-electron chi connectivity index (χ1n) is 5.48. The van der Waals surface area contributed by atoms with E-state index < -0.39 is 5.97 Å². The summed E-state index contributed by atoms with van der Waals surface area (Å²) in [7, 11) is 0. The van der Waals surface area contributed by atoms with E-state index in [4.69, 9.17) is 5.11 Å². The maximum Gasteiger partial charge on any atom is 0.307 e. The third-order valence-electron chi connectivity index (χ3n) is 2.40. The zero-order valence-electron chi connectivity index (χ0n) is 9.77. The number of carboxylic acids is 1. The number of carboxylic acid groups (broad SMARTS) is 1. The largest absolute Gasteiger partial charge is 0.481 e. The van der Waals surface area contributed by atoms with Crippen LogP contribution in [0.2, 0.25) is 0 Å². The quantitative estimate of drug-likeness (QED) is 0.798. The third kappa shape index (κ3) is 4.21. The lowest BCUT2D eigenvalue weighted by Crippen LogP contribution is -1.99. The molecule has 0 atom stereocenters. The van der Waals surface area contributed by atoms with E-state index in [1.165, 1.54) is 17.8 Å². The van der Waals surface area contributed by atoms with E-state index in [9.17, 15) is 9.18 Å². The van der Waals surface area contributed by atoms with Crippen molar-refractivity contribution < 1.29 is 14.3 Å². The first kappa shape index (κ1) is 14.3. The molecule has 1 N–H and O–H groups in total. The lowest BCUT2D eigenvalue weighted by Gasteiger charge is -2.04. The lowest BCUT2D eigenvalue weighted by molar-refractivity contribution is -0.136. The highest BCUT2D eigenvalue weighted by Gasteiger charge is 2.06. The van der Waals surface area contributed by atoms with Gasteiger partial charge in [0.1, 0.15) is 5.82 Å². The van der Waals surface area contributed by atoms with Gasteiger partial charge in [-0.15, -0.1) is 0 Å². The third-order valence-corrected chi connectivity index (χ3v) is 4.13. The maximum absolute atomic E-state index is 13.7. The minimum atomic E-state index is -0.857. The van der Waals surface area contributed by atoms with Crippen LogP contribution in [0, 0.1) is 9.39 Å². The Labute approximate surface area is 128 Å². The van der Waals surface area contributed by atoms with Crippen molar-refractivity contribution in [3.05, 3.63) is 57.4 Å². The molecule has 0 aliphatic carbocycles. The fraction of sp³-hybridized carbons (Fsp3) is 0.0714. The van der Waals surface area contributed by atoms with E-state index in [0.29, 0.717) is 4.90 Å². The van der Waals surface area contributed by atoms with Crippen molar-refractivity contribution in [3.8, 4) is 0 Å². The Bertz CT molecular complexity index is 599. The molecule has 0 radical (unpaired) electrons. The first-order chi connectivity index (χ1) is 9.04. The predicted molar refractivity (Wildman–Crippen MR) is 81.0 cm³/mol. The van der Waals surface area contributed by atoms with E-state index in [0.717, 1.165) is 14.0 Å². The molecule has 98 valence electrons. The van der Waals surface area contributed by atoms with Gasteiger partial charge in [0.15, 0.2) is 0 Å². The van der Waals surface area contributed by atoms with Crippen LogP contribution in [0.25, 0.3) is 0 Å². The standard InChI is InChI=1S/C14H10FIO2S/c15-12-8-10(16)3-6-13(12)19-11-4-1-9(2-5-11)7-14(17)18/h1-6,8H,7H2,(H,17,18). The Morgan fingerprint density at radius 2 is 1.89 bits per heavy atom. The topological polar surface area (TPSA) is 37.3 Å². The molecule has 2 aromatic carbocycles. The van der Waals surface area contributed by atoms with Crippen LogP contribution in [-0.4, -0.2) is 11.1 Å². The zero-order chi connectivity index (χ0) is 13.8. The van der Waals surface area contributed by atoms with Gasteiger partial charge in [0, 0.05) is 13.4 Å². The number of rotatable bonds is 4. The molecule has 2 nitrogen and oxygen atoms in total. The molecule has 2 aromatic rings. The molecule has 0 aliphatic rings. The number of hydrogen-bond donors (Lipinski definition) is 1. The molecule has 0 aromatic heterocycles. The Morgan fingerprint density at radius 3 is 2.47 bits per heavy atom. The molecule has 0 aliphatic heterocycles. The van der Waals surface area contributed by atoms with Gasteiger partial charge in [-0.2, -0.15) is 0 Å². The molecule has 2 rings (SSSR count). The second-order valence-electron chi connectivity index (χ2n) is 3.89. The van der Waals surface area contributed by atoms with E-state index >= 15 is 0 Å². The summed E-state index contributed by atoms with van der Waals surface area (Å²) in [4.78, 5) is 12.0. The van der Waals surface area contributed by atoms with Gasteiger partial charge < -0.3 is 5.11 Å². The summed E-state index contributed by atoms with van der Waals surface area (Å²) in [5.74, 6) is -1.10. The Morgan fingerprint density at radius 1 is 1.21 bits per heavy atom. The Balaban J connectivity index is 2.13. The van der Waals surface area contributed by atoms with Gasteiger partial charge in [0.2, 0.25) is 0 Å². The van der Waals surface area contributed by atoms with Crippen LogP contribution in [0.4, 0.5) is 4.39 Å². The fourth-order valence-electron chi connectivity index (χ4n) is 1.53. The van der Waals surface area contributed by atoms with Gasteiger partial charge in [-0.1, -0.05) is 23.9 Å². The summed E-state index contributed by atoms with van der Waals surface area (Å²) in [5.41, 5.74) is 0.736. The number of halogens is 2. The van der Waals surface area contributed by atoms with Crippen molar-refractivity contribution in [1.29, 1.82) is 0 Å². The average Bonchev–Trinajstić information content (AvgIpc) is 2.34. The van der Waals surface area contributed by atoms with Crippen molar-refractivity contribution in [2.24, 2.45) is 0 Å². The number of hydrogen-bond acceptors (Lipinski definition) is 2. The van der Waals surface area contributed by atoms with Crippen molar-refractivity contribution in [2.45, 2.75) is 16.2 Å². The second kappa shape index (κ2) is 6.38. The van der Waals surface area contributed by atoms with E-state index in [1.807, 2.05) is 6.07 Å². The number of carbonyl (C=O) groups is 1. The van der Waals surface area contributed by atoms with Crippen LogP contribution in [0.3, 0.4) is 0 Å². The highest BCUT2D eigenvalue weighted by Crippen LogP contribution is 2.30. The highest BCUT2D eigenvalue weighted by molar-refractivity contribution is 14.1. The summed E-state index contributed by atoms with van der Waals surface area (Å²) in [5, 5.41) is 8.68. The number of benzene rings is 2. The lowest BCUT2D eigenvalue weighted by atomic mass is 10.2. The summed E-state index contributed by atoms with van der Waals surface area (Å²) in [6.07, 6.45) is 0.00282. The normalized spacial score (nSPS) is 10.4. The molecule has 0 heterocycles. The van der Waals surface area contributed by atoms with Crippen LogP contribution in [0.5, 0.6) is 0 Å². The molecule has 19 heavy (non-hydrogen) atoms. The molecule has 0 spiro atoms. The molecular formula is C14H10FIO2S. The van der Waals surface area contributed by atoms with Crippen molar-refractivity contribution in [1.82, 2.24) is 0 Å². The molecule has 0 saturated heterocycles. The van der Waals surface area contributed by atoms with Gasteiger partial charge in [-0.25, -0.2) is 4.39 Å². The monoisotopic (exact) mass is 388 g/mol. The molecule has 5 heteroatoms. The molecular weight excluding hydrogens is 378 g/mol. The van der Waals surface area contributed by atoms with Gasteiger partial charge in [-0.3, -0.25) is 4.79 Å². The predicted octanol–water partition coefficient (Wildman–Crippen LogP) is 4.21. The van der Waals surface area contributed by atoms with E-state index in [-0.39, 0.29) is 12.2 Å². The molecule has 0 amide bonds. The van der Waals surface area contributed by atoms with E-state index in [1.54, 1.807) is 30.3 Å². The van der Waals surface area contributed by atoms with Crippen LogP contribution in [0.15, 0.2) is 52.3 Å². The first-order valence-corrected chi connectivity index (χ1v) is 7.38. The minimum Gasteiger partial charge on any atom is -0.481 e. The van der Waals surface area contributed by atoms with E-state index in [2.05, 4.69) is 22.6 Å². The van der Waals surface area contributed by atoms with Crippen molar-refractivity contribution in [2.75, 3.05) is 0 Å². The fourth-order valence-corrected chi connectivity index (χ4v) is 2.81. The Hall–Kier alpha value is -1.08. The Kier molecular flexibility index (Phi) is 4.81. The molecule has 0 bridgehead atoms. The SMILES string of the molecule is O=C(O)Cc1ccc(Sc2ccc(I)cc2F)cc1. The molecule has 0 fully saturated rings. The highest BCUT2D eigenvalue weighted by atomic mass is 127. The van der Waals surface area contributed by atoms with Crippen molar-refractivity contribution in [3.63, 3.8) is 0 Å². The molecule has 0 saturated carbocycles. The van der Waals surface area contributed by atoms with Gasteiger partial charge in [0.25, 0.3) is 0 Å². The van der Waals surface area contributed by atoms with Crippen LogP contribution < -0.4 is 0 Å². The maximum atomic E-state index is 13.7. The van der Waals surface area contributed by atoms with Gasteiger partial charge in [-0.05, 0) is 58.5 Å². The van der Waals surface area contributed by atoms with Gasteiger partial charge in [0.05, 0.1) is 6.42 Å². The van der Waals surface area contributed by atoms with Crippen LogP contribution in [0.1, 0.15) is 5.56 Å². The van der Waals surface area contributed by atoms with Crippen LogP contribution >= 0.6 is 34.4 Å². The summed E-state index contributed by atoms with van der Waals surface area (Å²) in [6.45, 7) is 0. The minimum absolute atomic E-state index is 0.00282. The summed E-state index contributed by atoms with van der Waals surface area (Å²) < 4.78 is 14.5. The van der Waals surface area contributed by atoms with Crippen molar-refractivity contribution >= 4 is 40.3 Å². The summed E-state index contributed by atoms with van der Waals surface area (Å²) >= 11 is 3.39. The average molecular weight is 388 g/mol. The smallest absolute Gasteiger partial charge is 0.307 e. The number of aliphatic carboxylic acids is 1. The zero-order valence-corrected chi connectivity index (χ0v) is 12.7. The van der Waals surface area contributed by atoms with Crippen LogP contribution in [-0.2, 0) is 11.2 Å². The second-order valence-corrected chi connectivity index (χ2v) is 6.25.